The highest BCUT2D eigenvalue weighted by Crippen LogP contribution is 2.87. The summed E-state index contributed by atoms with van der Waals surface area (Å²) in [7, 11) is -9.01. The number of rotatable bonds is 14. The molecule has 0 aromatic heterocycles. The molecule has 208 valence electrons. The SMILES string of the molecule is CCCC[N+](CCCC)(CCCC)CCCC.FC(F)(F)C(F)(F)[P+](F)(F)C(F)(F)C(F)(F)F. The van der Waals surface area contributed by atoms with Crippen molar-refractivity contribution >= 4 is 7.88 Å². The third kappa shape index (κ3) is 9.54. The smallest absolute Gasteiger partial charge is 0.324 e. The van der Waals surface area contributed by atoms with Crippen molar-refractivity contribution in [3.63, 3.8) is 0 Å². The van der Waals surface area contributed by atoms with E-state index in [9.17, 15) is 52.3 Å². The van der Waals surface area contributed by atoms with E-state index in [0.29, 0.717) is 0 Å². The van der Waals surface area contributed by atoms with Gasteiger partial charge in [-0.05, 0) is 34.1 Å². The Morgan fingerprint density at radius 3 is 0.824 bits per heavy atom. The quantitative estimate of drug-likeness (QED) is 0.115. The molecule has 14 heteroatoms. The molecular formula is C20H36F12NP+2. The number of alkyl halides is 10. The minimum atomic E-state index is -9.01. The molecule has 0 aliphatic carbocycles. The second kappa shape index (κ2) is 14.3. The molecule has 0 aliphatic rings. The predicted molar refractivity (Wildman–Crippen MR) is 111 cm³/mol. The zero-order valence-electron chi connectivity index (χ0n) is 19.9. The van der Waals surface area contributed by atoms with Crippen LogP contribution >= 0.6 is 7.88 Å². The molecule has 0 N–H and O–H groups in total. The minimum absolute atomic E-state index is 1.35. The van der Waals surface area contributed by atoms with Gasteiger partial charge in [0.15, 0.2) is 0 Å². The number of halogens is 12. The Labute approximate surface area is 194 Å². The summed E-state index contributed by atoms with van der Waals surface area (Å²) in [6.07, 6.45) is -3.36. The van der Waals surface area contributed by atoms with Gasteiger partial charge in [0, 0.05) is 0 Å². The minimum Gasteiger partial charge on any atom is -0.324 e. The van der Waals surface area contributed by atoms with Gasteiger partial charge >= 0.3 is 31.6 Å². The largest absolute Gasteiger partial charge is 0.547 e. The van der Waals surface area contributed by atoms with Gasteiger partial charge in [0.1, 0.15) is 0 Å². The third-order valence-corrected chi connectivity index (χ3v) is 7.25. The molecule has 0 aromatic carbocycles. The van der Waals surface area contributed by atoms with E-state index in [1.807, 2.05) is 0 Å². The van der Waals surface area contributed by atoms with Crippen molar-refractivity contribution in [2.75, 3.05) is 26.2 Å². The topological polar surface area (TPSA) is 0 Å². The molecule has 0 heterocycles. The molecule has 0 bridgehead atoms. The van der Waals surface area contributed by atoms with Crippen molar-refractivity contribution in [3.8, 4) is 0 Å². The van der Waals surface area contributed by atoms with E-state index in [4.69, 9.17) is 0 Å². The average molecular weight is 549 g/mol. The molecule has 0 fully saturated rings. The van der Waals surface area contributed by atoms with Crippen molar-refractivity contribution in [3.05, 3.63) is 0 Å². The summed E-state index contributed by atoms with van der Waals surface area (Å²) >= 11 is 0. The zero-order chi connectivity index (χ0) is 27.5. The van der Waals surface area contributed by atoms with Gasteiger partial charge in [-0.15, -0.1) is 0 Å². The van der Waals surface area contributed by atoms with Crippen LogP contribution in [0.1, 0.15) is 79.1 Å². The first-order valence-corrected chi connectivity index (χ1v) is 12.8. The van der Waals surface area contributed by atoms with Crippen LogP contribution in [0.5, 0.6) is 0 Å². The van der Waals surface area contributed by atoms with E-state index in [1.54, 1.807) is 0 Å². The lowest BCUT2D eigenvalue weighted by molar-refractivity contribution is -0.929. The lowest BCUT2D eigenvalue weighted by Crippen LogP contribution is -2.50. The molecule has 0 aliphatic heterocycles. The van der Waals surface area contributed by atoms with Gasteiger partial charge < -0.3 is 4.48 Å². The second-order valence-electron chi connectivity index (χ2n) is 8.24. The summed E-state index contributed by atoms with van der Waals surface area (Å²) in [5.41, 5.74) is -14.8. The first-order chi connectivity index (χ1) is 15.2. The number of nitrogens with zero attached hydrogens (tertiary/aromatic N) is 1. The molecule has 0 atom stereocenters. The van der Waals surface area contributed by atoms with Gasteiger partial charge in [0.05, 0.1) is 26.2 Å². The fourth-order valence-electron chi connectivity index (χ4n) is 3.14. The van der Waals surface area contributed by atoms with E-state index in [0.717, 1.165) is 0 Å². The van der Waals surface area contributed by atoms with Crippen LogP contribution in [0.3, 0.4) is 0 Å². The zero-order valence-corrected chi connectivity index (χ0v) is 20.8. The van der Waals surface area contributed by atoms with E-state index in [-0.39, 0.29) is 0 Å². The molecule has 34 heavy (non-hydrogen) atoms. The maximum atomic E-state index is 12.1. The van der Waals surface area contributed by atoms with Gasteiger partial charge in [-0.3, -0.25) is 0 Å². The molecule has 0 rings (SSSR count). The predicted octanol–water partition coefficient (Wildman–Crippen LogP) is 10.1. The van der Waals surface area contributed by atoms with E-state index in [1.165, 1.54) is 82.0 Å². The number of quaternary nitrogens is 1. The monoisotopic (exact) mass is 549 g/mol. The maximum absolute atomic E-state index is 12.1. The van der Waals surface area contributed by atoms with Crippen molar-refractivity contribution in [1.82, 2.24) is 0 Å². The Kier molecular flexibility index (Phi) is 15.1. The normalized spacial score (nSPS) is 14.1. The summed E-state index contributed by atoms with van der Waals surface area (Å²) in [6.45, 7) is 15.0. The molecule has 0 unspecified atom stereocenters. The molecule has 0 amide bonds. The van der Waals surface area contributed by atoms with Crippen LogP contribution in [0.25, 0.3) is 0 Å². The van der Waals surface area contributed by atoms with Crippen molar-refractivity contribution in [2.24, 2.45) is 0 Å². The standard InChI is InChI=1S/C16H36N.C4F12P/c1-5-9-13-17(14-10-6-2,15-11-7-3)16-12-8-4;5-1(6,7)3(11,12)17(15,16)4(13,14)2(8,9)10/h5-16H2,1-4H3;/q2*+1. The van der Waals surface area contributed by atoms with E-state index < -0.39 is 31.6 Å². The highest BCUT2D eigenvalue weighted by atomic mass is 31.2. The molecule has 1 nitrogen and oxygen atoms in total. The third-order valence-electron chi connectivity index (χ3n) is 5.33. The second-order valence-corrected chi connectivity index (χ2v) is 10.4. The van der Waals surface area contributed by atoms with Crippen molar-refractivity contribution in [2.45, 2.75) is 103 Å². The Hall–Kier alpha value is -0.450. The van der Waals surface area contributed by atoms with Crippen LogP contribution in [0.4, 0.5) is 52.3 Å². The molecule has 0 saturated heterocycles. The van der Waals surface area contributed by atoms with Crippen LogP contribution in [0.15, 0.2) is 0 Å². The number of hydrogen-bond acceptors (Lipinski definition) is 0. The van der Waals surface area contributed by atoms with Gasteiger partial charge in [-0.1, -0.05) is 53.4 Å². The van der Waals surface area contributed by atoms with Crippen LogP contribution in [-0.2, 0) is 0 Å². The van der Waals surface area contributed by atoms with Crippen LogP contribution < -0.4 is 0 Å². The fourth-order valence-corrected chi connectivity index (χ4v) is 4.13. The first-order valence-electron chi connectivity index (χ1n) is 11.3. The van der Waals surface area contributed by atoms with E-state index >= 15 is 0 Å². The van der Waals surface area contributed by atoms with Crippen LogP contribution in [0.2, 0.25) is 0 Å². The lowest BCUT2D eigenvalue weighted by Gasteiger charge is -2.39. The van der Waals surface area contributed by atoms with Gasteiger partial charge in [-0.25, -0.2) is 0 Å². The summed E-state index contributed by atoms with van der Waals surface area (Å²) < 4.78 is 141. The lowest BCUT2D eigenvalue weighted by atomic mass is 10.1. The number of hydrogen-bond donors (Lipinski definition) is 0. The van der Waals surface area contributed by atoms with E-state index in [2.05, 4.69) is 27.7 Å². The molecule has 0 spiro atoms. The fraction of sp³-hybridized carbons (Fsp3) is 1.00. The average Bonchev–Trinajstić information content (AvgIpc) is 2.71. The van der Waals surface area contributed by atoms with Gasteiger partial charge in [0.2, 0.25) is 0 Å². The highest BCUT2D eigenvalue weighted by Gasteiger charge is 2.98. The highest BCUT2D eigenvalue weighted by molar-refractivity contribution is 7.68. The van der Waals surface area contributed by atoms with Crippen LogP contribution in [0, 0.1) is 0 Å². The Morgan fingerprint density at radius 1 is 0.471 bits per heavy atom. The summed E-state index contributed by atoms with van der Waals surface area (Å²) in [6, 6.07) is 0. The summed E-state index contributed by atoms with van der Waals surface area (Å²) in [5, 5.41) is 0. The Morgan fingerprint density at radius 2 is 0.676 bits per heavy atom. The molecular weight excluding hydrogens is 513 g/mol. The van der Waals surface area contributed by atoms with Gasteiger partial charge in [0.25, 0.3) is 0 Å². The van der Waals surface area contributed by atoms with Crippen molar-refractivity contribution in [1.29, 1.82) is 0 Å². The first kappa shape index (κ1) is 35.7. The van der Waals surface area contributed by atoms with Crippen LogP contribution in [-0.4, -0.2) is 54.3 Å². The molecule has 0 saturated carbocycles. The van der Waals surface area contributed by atoms with Crippen molar-refractivity contribution < 1.29 is 56.8 Å². The number of unbranched alkanes of at least 4 members (excludes halogenated alkanes) is 4. The maximum Gasteiger partial charge on any atom is 0.547 e. The Bertz CT molecular complexity index is 481. The van der Waals surface area contributed by atoms with Gasteiger partial charge in [-0.2, -0.15) is 43.9 Å². The Balaban J connectivity index is 0. The summed E-state index contributed by atoms with van der Waals surface area (Å²) in [5.74, 6) is 0. The summed E-state index contributed by atoms with van der Waals surface area (Å²) in [4.78, 5) is 0. The molecule has 0 aromatic rings. The molecule has 0 radical (unpaired) electrons.